The Kier molecular flexibility index (Phi) is 11.0. The number of rotatable bonds is 14. The van der Waals surface area contributed by atoms with Crippen molar-refractivity contribution in [2.45, 2.75) is 43.8 Å². The molecule has 2 atom stereocenters. The summed E-state index contributed by atoms with van der Waals surface area (Å²) in [5.41, 5.74) is 1.48. The van der Waals surface area contributed by atoms with Gasteiger partial charge in [-0.1, -0.05) is 59.6 Å². The van der Waals surface area contributed by atoms with Gasteiger partial charge in [-0.25, -0.2) is 13.2 Å². The average molecular weight is 704 g/mol. The van der Waals surface area contributed by atoms with Crippen molar-refractivity contribution in [3.05, 3.63) is 92.9 Å². The highest BCUT2D eigenvalue weighted by Gasteiger charge is 2.41. The Morgan fingerprint density at radius 3 is 2.47 bits per heavy atom. The maximum atomic E-state index is 13.7. The van der Waals surface area contributed by atoms with E-state index in [-0.39, 0.29) is 46.7 Å². The fraction of sp³-hybridized carbons (Fsp3) is 0.400. The summed E-state index contributed by atoms with van der Waals surface area (Å²) in [7, 11) is -3.84. The van der Waals surface area contributed by atoms with Crippen LogP contribution in [0.3, 0.4) is 0 Å². The first-order valence-corrected chi connectivity index (χ1v) is 17.6. The van der Waals surface area contributed by atoms with Crippen LogP contribution in [0.25, 0.3) is 0 Å². The maximum Gasteiger partial charge on any atom is 0.387 e. The number of esters is 1. The number of hydrogen-bond donors (Lipinski definition) is 0. The molecule has 0 spiro atoms. The molecule has 1 saturated heterocycles. The molecule has 9 nitrogen and oxygen atoms in total. The van der Waals surface area contributed by atoms with Gasteiger partial charge in [0, 0.05) is 24.3 Å². The van der Waals surface area contributed by atoms with E-state index >= 15 is 0 Å². The summed E-state index contributed by atoms with van der Waals surface area (Å²) < 4.78 is 71.0. The van der Waals surface area contributed by atoms with Gasteiger partial charge in [0.25, 0.3) is 0 Å². The van der Waals surface area contributed by atoms with Gasteiger partial charge < -0.3 is 19.4 Å². The number of halogens is 4. The zero-order chi connectivity index (χ0) is 32.1. The molecule has 1 aliphatic carbocycles. The van der Waals surface area contributed by atoms with E-state index in [2.05, 4.69) is 4.74 Å². The monoisotopic (exact) mass is 702 g/mol. The molecule has 5 rings (SSSR count). The third-order valence-electron chi connectivity index (χ3n) is 7.33. The molecule has 0 amide bonds. The van der Waals surface area contributed by atoms with E-state index in [0.29, 0.717) is 34.1 Å². The number of nitrogens with zero attached hydrogens (tertiary/aromatic N) is 2. The molecule has 3 aromatic rings. The molecule has 2 heterocycles. The van der Waals surface area contributed by atoms with Gasteiger partial charge in [0.2, 0.25) is 10.0 Å². The largest absolute Gasteiger partial charge is 0.619 e. The smallest absolute Gasteiger partial charge is 0.387 e. The topological polar surface area (TPSA) is 109 Å². The van der Waals surface area contributed by atoms with E-state index in [1.165, 1.54) is 18.2 Å². The molecule has 0 N–H and O–H groups in total. The number of ether oxygens (including phenoxy) is 3. The Bertz CT molecular complexity index is 1590. The third kappa shape index (κ3) is 8.91. The highest BCUT2D eigenvalue weighted by atomic mass is 35.5. The number of aromatic nitrogens is 1. The van der Waals surface area contributed by atoms with Gasteiger partial charge in [0.05, 0.1) is 12.4 Å². The number of carbonyl (C=O) groups is 1. The average Bonchev–Trinajstić information content (AvgIpc) is 3.68. The lowest BCUT2D eigenvalue weighted by Gasteiger charge is -2.26. The molecular weight excluding hydrogens is 673 g/mol. The molecule has 242 valence electrons. The minimum Gasteiger partial charge on any atom is -0.619 e. The highest BCUT2D eigenvalue weighted by Crippen LogP contribution is 2.39. The fourth-order valence-corrected chi connectivity index (χ4v) is 8.55. The van der Waals surface area contributed by atoms with E-state index in [1.54, 1.807) is 0 Å². The van der Waals surface area contributed by atoms with Gasteiger partial charge in [-0.15, -0.1) is 11.8 Å². The van der Waals surface area contributed by atoms with Crippen LogP contribution in [0.15, 0.2) is 60.9 Å². The number of pyridine rings is 1. The van der Waals surface area contributed by atoms with Crippen molar-refractivity contribution >= 4 is 51.0 Å². The Morgan fingerprint density at radius 1 is 1.09 bits per heavy atom. The zero-order valence-corrected chi connectivity index (χ0v) is 27.0. The van der Waals surface area contributed by atoms with E-state index in [9.17, 15) is 27.2 Å². The first-order chi connectivity index (χ1) is 21.5. The lowest BCUT2D eigenvalue weighted by Crippen LogP contribution is -2.42. The number of hydrogen-bond acceptors (Lipinski definition) is 8. The predicted octanol–water partition coefficient (Wildman–Crippen LogP) is 5.79. The van der Waals surface area contributed by atoms with Gasteiger partial charge in [-0.3, -0.25) is 0 Å². The van der Waals surface area contributed by atoms with Crippen molar-refractivity contribution in [2.24, 2.45) is 5.92 Å². The summed E-state index contributed by atoms with van der Waals surface area (Å²) in [5, 5.41) is 10.7. The van der Waals surface area contributed by atoms with Crippen molar-refractivity contribution in [1.82, 2.24) is 4.31 Å². The molecular formula is C30H30Cl2F2N2O7S2. The molecule has 1 aromatic heterocycles. The molecule has 1 aliphatic heterocycles. The van der Waals surface area contributed by atoms with Gasteiger partial charge >= 0.3 is 12.6 Å². The summed E-state index contributed by atoms with van der Waals surface area (Å²) in [6.07, 6.45) is 3.15. The Balaban J connectivity index is 1.41. The number of thioether (sulfide) groups is 1. The van der Waals surface area contributed by atoms with Gasteiger partial charge in [0.1, 0.15) is 16.1 Å². The molecule has 0 bridgehead atoms. The van der Waals surface area contributed by atoms with E-state index in [0.717, 1.165) is 46.9 Å². The van der Waals surface area contributed by atoms with Crippen molar-refractivity contribution in [2.75, 3.05) is 24.7 Å². The summed E-state index contributed by atoms with van der Waals surface area (Å²) in [5.74, 6) is -0.484. The molecule has 0 unspecified atom stereocenters. The van der Waals surface area contributed by atoms with Crippen molar-refractivity contribution < 1.29 is 40.9 Å². The van der Waals surface area contributed by atoms with Gasteiger partial charge in [-0.05, 0) is 48.4 Å². The van der Waals surface area contributed by atoms with E-state index < -0.39 is 34.1 Å². The normalized spacial score (nSPS) is 17.8. The minimum absolute atomic E-state index is 0.0155. The quantitative estimate of drug-likeness (QED) is 0.118. The third-order valence-corrected chi connectivity index (χ3v) is 11.1. The molecule has 1 saturated carbocycles. The molecule has 0 radical (unpaired) electrons. The van der Waals surface area contributed by atoms with Crippen LogP contribution < -0.4 is 14.2 Å². The SMILES string of the molecule is O=C(O[C@@H](Cc1c(Cl)c[n+]([O-])cc1Cl)c1ccc(OC(F)F)c(OCC2CC2)c1)[C@@H]1SCCN1S(=O)(=O)CCc1ccccc1. The van der Waals surface area contributed by atoms with Gasteiger partial charge in [0.15, 0.2) is 29.3 Å². The number of sulfonamides is 1. The van der Waals surface area contributed by atoms with Crippen LogP contribution in [-0.2, 0) is 32.4 Å². The maximum absolute atomic E-state index is 13.7. The highest BCUT2D eigenvalue weighted by molar-refractivity contribution is 8.02. The lowest BCUT2D eigenvalue weighted by molar-refractivity contribution is -0.605. The second-order valence-electron chi connectivity index (χ2n) is 10.6. The number of alkyl halides is 2. The summed E-state index contributed by atoms with van der Waals surface area (Å²) in [4.78, 5) is 13.7. The summed E-state index contributed by atoms with van der Waals surface area (Å²) >= 11 is 13.8. The molecule has 2 aromatic carbocycles. The van der Waals surface area contributed by atoms with Crippen LogP contribution >= 0.6 is 35.0 Å². The van der Waals surface area contributed by atoms with E-state index in [4.69, 9.17) is 32.7 Å². The second-order valence-corrected chi connectivity index (χ2v) is 14.7. The summed E-state index contributed by atoms with van der Waals surface area (Å²) in [6, 6.07) is 13.3. The standard InChI is InChI=1S/C30H30Cl2F2N2O7S2/c31-23-16-35(38)17-24(32)22(23)15-26(21-8-9-25(43-30(33)34)27(14-21)41-18-20-6-7-20)42-29(37)28-36(11-12-44-28)45(39,40)13-10-19-4-2-1-3-5-19/h1-5,8-9,14,16-17,20,26,28,30H,6-7,10-13,15,18H2/t26-,28-/m0/s1. The van der Waals surface area contributed by atoms with E-state index in [1.807, 2.05) is 30.3 Å². The first-order valence-electron chi connectivity index (χ1n) is 14.1. The predicted molar refractivity (Wildman–Crippen MR) is 166 cm³/mol. The van der Waals surface area contributed by atoms with Crippen LogP contribution in [0, 0.1) is 11.1 Å². The van der Waals surface area contributed by atoms with Crippen molar-refractivity contribution in [3.8, 4) is 11.5 Å². The first kappa shape index (κ1) is 33.5. The zero-order valence-electron chi connectivity index (χ0n) is 23.8. The lowest BCUT2D eigenvalue weighted by atomic mass is 10.0. The van der Waals surface area contributed by atoms with Crippen molar-refractivity contribution in [1.29, 1.82) is 0 Å². The number of aryl methyl sites for hydroxylation is 1. The second kappa shape index (κ2) is 14.7. The Hall–Kier alpha value is -2.84. The Labute approximate surface area is 274 Å². The van der Waals surface area contributed by atoms with Crippen molar-refractivity contribution in [3.63, 3.8) is 0 Å². The molecule has 2 fully saturated rings. The van der Waals surface area contributed by atoms with Crippen LogP contribution in [-0.4, -0.2) is 55.3 Å². The number of carbonyl (C=O) groups excluding carboxylic acids is 1. The fourth-order valence-electron chi connectivity index (χ4n) is 4.79. The molecule has 15 heteroatoms. The van der Waals surface area contributed by atoms with Crippen LogP contribution in [0.2, 0.25) is 10.0 Å². The minimum atomic E-state index is -3.84. The molecule has 2 aliphatic rings. The number of benzene rings is 2. The van der Waals surface area contributed by atoms with Crippen LogP contribution in [0.1, 0.15) is 35.6 Å². The van der Waals surface area contributed by atoms with Crippen LogP contribution in [0.4, 0.5) is 8.78 Å². The summed E-state index contributed by atoms with van der Waals surface area (Å²) in [6.45, 7) is -2.67. The Morgan fingerprint density at radius 2 is 1.80 bits per heavy atom. The van der Waals surface area contributed by atoms with Gasteiger partial charge in [-0.2, -0.15) is 17.8 Å². The molecule has 45 heavy (non-hydrogen) atoms. The van der Waals surface area contributed by atoms with Crippen LogP contribution in [0.5, 0.6) is 11.5 Å².